The number of carbonyl (C=O) groups is 1. The summed E-state index contributed by atoms with van der Waals surface area (Å²) in [7, 11) is -4.37. The van der Waals surface area contributed by atoms with Crippen LogP contribution in [-0.2, 0) is 14.9 Å². The number of amides is 1. The largest absolute Gasteiger partial charge is 0.387 e. The normalized spacial score (nSPS) is 14.3. The lowest BCUT2D eigenvalue weighted by Gasteiger charge is -2.21. The number of carbonyl (C=O) groups excluding carboxylic acids is 1. The van der Waals surface area contributed by atoms with E-state index in [0.717, 1.165) is 77.0 Å². The van der Waals surface area contributed by atoms with E-state index in [1.165, 1.54) is 51.0 Å². The van der Waals surface area contributed by atoms with Crippen LogP contribution in [0.25, 0.3) is 0 Å². The lowest BCUT2D eigenvalue weighted by atomic mass is 10.1. The summed E-state index contributed by atoms with van der Waals surface area (Å²) in [6, 6.07) is -1.10. The maximum Gasteiger partial charge on any atom is 0.267 e. The molecule has 0 rings (SSSR count). The van der Waals surface area contributed by atoms with Crippen LogP contribution in [0.4, 0.5) is 0 Å². The first-order valence-corrected chi connectivity index (χ1v) is 20.9. The van der Waals surface area contributed by atoms with Crippen molar-refractivity contribution >= 4 is 16.0 Å². The highest BCUT2D eigenvalue weighted by atomic mass is 32.2. The molecule has 0 aliphatic carbocycles. The van der Waals surface area contributed by atoms with Gasteiger partial charge in [-0.2, -0.15) is 8.42 Å². The van der Waals surface area contributed by atoms with Gasteiger partial charge in [0.05, 0.1) is 17.9 Å². The smallest absolute Gasteiger partial charge is 0.267 e. The van der Waals surface area contributed by atoms with Crippen LogP contribution in [0.3, 0.4) is 0 Å². The Labute approximate surface area is 301 Å². The number of unbranched alkanes of at least 4 members (excludes halogenated alkanes) is 13. The number of aliphatic hydroxyl groups excluding tert-OH is 1. The van der Waals surface area contributed by atoms with Crippen molar-refractivity contribution in [1.82, 2.24) is 5.32 Å². The first-order valence-electron chi connectivity index (χ1n) is 19.3. The van der Waals surface area contributed by atoms with Gasteiger partial charge in [-0.3, -0.25) is 9.35 Å². The molecule has 0 aromatic carbocycles. The molecule has 0 aliphatic heterocycles. The van der Waals surface area contributed by atoms with Crippen LogP contribution in [0.1, 0.15) is 155 Å². The Morgan fingerprint density at radius 1 is 0.571 bits per heavy atom. The van der Waals surface area contributed by atoms with Gasteiger partial charge in [-0.05, 0) is 83.5 Å². The van der Waals surface area contributed by atoms with Gasteiger partial charge in [0.25, 0.3) is 10.1 Å². The van der Waals surface area contributed by atoms with Crippen LogP contribution < -0.4 is 5.32 Å². The second kappa shape index (κ2) is 35.3. The average Bonchev–Trinajstić information content (AvgIpc) is 3.06. The third kappa shape index (κ3) is 36.6. The van der Waals surface area contributed by atoms with Gasteiger partial charge in [-0.25, -0.2) is 0 Å². The van der Waals surface area contributed by atoms with Gasteiger partial charge in [-0.15, -0.1) is 0 Å². The zero-order valence-corrected chi connectivity index (χ0v) is 31.8. The molecule has 0 radical (unpaired) electrons. The molecule has 2 unspecified atom stereocenters. The van der Waals surface area contributed by atoms with Gasteiger partial charge in [0.2, 0.25) is 5.91 Å². The first kappa shape index (κ1) is 46.5. The monoisotopic (exact) mass is 702 g/mol. The fraction of sp³-hybridized carbons (Fsp3) is 0.643. The highest BCUT2D eigenvalue weighted by molar-refractivity contribution is 7.85. The molecule has 0 heterocycles. The molecule has 0 fully saturated rings. The Morgan fingerprint density at radius 3 is 1.53 bits per heavy atom. The topological polar surface area (TPSA) is 104 Å². The number of rotatable bonds is 33. The number of hydrogen-bond acceptors (Lipinski definition) is 4. The van der Waals surface area contributed by atoms with E-state index in [4.69, 9.17) is 0 Å². The van der Waals surface area contributed by atoms with Gasteiger partial charge < -0.3 is 10.4 Å². The van der Waals surface area contributed by atoms with Gasteiger partial charge >= 0.3 is 0 Å². The number of hydrogen-bond donors (Lipinski definition) is 3. The molecule has 0 aromatic heterocycles. The zero-order chi connectivity index (χ0) is 36.1. The summed E-state index contributed by atoms with van der Waals surface area (Å²) in [5.41, 5.74) is 0. The molecule has 280 valence electrons. The Kier molecular flexibility index (Phi) is 33.6. The maximum atomic E-state index is 12.5. The van der Waals surface area contributed by atoms with Crippen LogP contribution >= 0.6 is 0 Å². The van der Waals surface area contributed by atoms with E-state index < -0.39 is 28.0 Å². The molecular weight excluding hydrogens is 631 g/mol. The minimum Gasteiger partial charge on any atom is -0.387 e. The summed E-state index contributed by atoms with van der Waals surface area (Å²) in [5, 5.41) is 13.2. The molecule has 7 heteroatoms. The minimum atomic E-state index is -4.37. The molecule has 0 saturated carbocycles. The second-order valence-corrected chi connectivity index (χ2v) is 14.3. The SMILES string of the molecule is CC/C=C\C/C=C\C/C=C\C/C=C\CCCCCCC(=O)NC(CS(=O)(=O)O)C(O)/C=C/CC/C=C/CC/C=C/CCCCCCCCC. The standard InChI is InChI=1S/C42H71NO5S/c1-3-5-7-9-11-13-15-17-19-21-23-25-27-29-31-33-35-37-41(44)40(39-49(46,47)48)43-42(45)38-36-34-32-30-28-26-24-22-20-18-16-14-12-10-8-6-4-2/h6,8,12,14,18-21,24,26-27,29,35,37,40-41,44H,3-5,7,9-11,13,15-17,22-23,25,28,30-34,36,38-39H2,1-2H3,(H,43,45)(H,46,47,48)/b8-6-,14-12-,20-18-,21-19+,26-24-,29-27+,37-35+. The van der Waals surface area contributed by atoms with E-state index in [2.05, 4.69) is 92.1 Å². The summed E-state index contributed by atoms with van der Waals surface area (Å²) >= 11 is 0. The van der Waals surface area contributed by atoms with Gasteiger partial charge in [-0.1, -0.05) is 150 Å². The van der Waals surface area contributed by atoms with Crippen molar-refractivity contribution in [1.29, 1.82) is 0 Å². The Hall–Kier alpha value is -2.48. The van der Waals surface area contributed by atoms with Gasteiger partial charge in [0.1, 0.15) is 0 Å². The molecule has 2 atom stereocenters. The van der Waals surface area contributed by atoms with Crippen LogP contribution in [0.15, 0.2) is 85.1 Å². The van der Waals surface area contributed by atoms with Crippen LogP contribution in [0.2, 0.25) is 0 Å². The molecule has 1 amide bonds. The third-order valence-electron chi connectivity index (χ3n) is 8.03. The number of aliphatic hydroxyl groups is 1. The third-order valence-corrected chi connectivity index (χ3v) is 8.81. The summed E-state index contributed by atoms with van der Waals surface area (Å²) in [4.78, 5) is 12.5. The molecule has 6 nitrogen and oxygen atoms in total. The van der Waals surface area contributed by atoms with Crippen LogP contribution in [0, 0.1) is 0 Å². The zero-order valence-electron chi connectivity index (χ0n) is 31.0. The van der Waals surface area contributed by atoms with E-state index in [1.807, 2.05) is 0 Å². The highest BCUT2D eigenvalue weighted by Gasteiger charge is 2.24. The van der Waals surface area contributed by atoms with E-state index in [9.17, 15) is 22.9 Å². The van der Waals surface area contributed by atoms with Crippen molar-refractivity contribution in [2.24, 2.45) is 0 Å². The van der Waals surface area contributed by atoms with Crippen LogP contribution in [-0.4, -0.2) is 41.9 Å². The summed E-state index contributed by atoms with van der Waals surface area (Å²) in [6.07, 6.45) is 51.3. The Balaban J connectivity index is 4.12. The van der Waals surface area contributed by atoms with Crippen molar-refractivity contribution < 1.29 is 22.9 Å². The fourth-order valence-corrected chi connectivity index (χ4v) is 5.91. The molecule has 0 saturated heterocycles. The molecule has 0 aliphatic rings. The van der Waals surface area contributed by atoms with Crippen molar-refractivity contribution in [3.63, 3.8) is 0 Å². The van der Waals surface area contributed by atoms with E-state index >= 15 is 0 Å². The molecule has 0 bridgehead atoms. The predicted molar refractivity (Wildman–Crippen MR) is 211 cm³/mol. The highest BCUT2D eigenvalue weighted by Crippen LogP contribution is 2.10. The first-order chi connectivity index (χ1) is 23.8. The molecule has 0 aromatic rings. The maximum absolute atomic E-state index is 12.5. The Morgan fingerprint density at radius 2 is 1.00 bits per heavy atom. The molecule has 0 spiro atoms. The summed E-state index contributed by atoms with van der Waals surface area (Å²) < 4.78 is 32.4. The van der Waals surface area contributed by atoms with Crippen LogP contribution in [0.5, 0.6) is 0 Å². The average molecular weight is 702 g/mol. The lowest BCUT2D eigenvalue weighted by Crippen LogP contribution is -2.46. The summed E-state index contributed by atoms with van der Waals surface area (Å²) in [6.45, 7) is 4.39. The molecule has 3 N–H and O–H groups in total. The lowest BCUT2D eigenvalue weighted by molar-refractivity contribution is -0.122. The molecule has 49 heavy (non-hydrogen) atoms. The quantitative estimate of drug-likeness (QED) is 0.0359. The van der Waals surface area contributed by atoms with Crippen molar-refractivity contribution in [2.75, 3.05) is 5.75 Å². The van der Waals surface area contributed by atoms with E-state index in [0.29, 0.717) is 12.8 Å². The van der Waals surface area contributed by atoms with Gasteiger partial charge in [0, 0.05) is 6.42 Å². The second-order valence-electron chi connectivity index (χ2n) is 12.8. The molecular formula is C42H71NO5S. The predicted octanol–water partition coefficient (Wildman–Crippen LogP) is 11.2. The fourth-order valence-electron chi connectivity index (χ4n) is 5.18. The summed E-state index contributed by atoms with van der Waals surface area (Å²) in [5.74, 6) is -1.05. The number of allylic oxidation sites excluding steroid dienone is 13. The van der Waals surface area contributed by atoms with Crippen molar-refractivity contribution in [3.8, 4) is 0 Å². The number of nitrogens with one attached hydrogen (secondary N) is 1. The Bertz CT molecular complexity index is 1080. The van der Waals surface area contributed by atoms with E-state index in [-0.39, 0.29) is 12.3 Å². The van der Waals surface area contributed by atoms with Crippen molar-refractivity contribution in [3.05, 3.63) is 85.1 Å². The van der Waals surface area contributed by atoms with Crippen molar-refractivity contribution in [2.45, 2.75) is 167 Å². The minimum absolute atomic E-state index is 0.251. The van der Waals surface area contributed by atoms with E-state index in [1.54, 1.807) is 6.08 Å². The van der Waals surface area contributed by atoms with Gasteiger partial charge in [0.15, 0.2) is 0 Å².